The highest BCUT2D eigenvalue weighted by molar-refractivity contribution is 7.82. The third-order valence-corrected chi connectivity index (χ3v) is 6.36. The van der Waals surface area contributed by atoms with Crippen molar-refractivity contribution in [2.75, 3.05) is 5.38 Å². The summed E-state index contributed by atoms with van der Waals surface area (Å²) >= 11 is 4.29. The van der Waals surface area contributed by atoms with Gasteiger partial charge >= 0.3 is 0 Å². The van der Waals surface area contributed by atoms with Crippen LogP contribution >= 0.6 is 12.6 Å². The van der Waals surface area contributed by atoms with E-state index in [-0.39, 0.29) is 0 Å². The summed E-state index contributed by atoms with van der Waals surface area (Å²) in [7, 11) is -1.30. The van der Waals surface area contributed by atoms with Gasteiger partial charge in [-0.3, -0.25) is 0 Å². The van der Waals surface area contributed by atoms with Crippen LogP contribution in [0.2, 0.25) is 13.1 Å². The van der Waals surface area contributed by atoms with Gasteiger partial charge in [0.15, 0.2) is 0 Å². The highest BCUT2D eigenvalue weighted by atomic mass is 32.1. The standard InChI is InChI=1S/C7H12OSSi/c1-10(2,6-9)7-4-3-5-8-7/h3-5,9H,6H2,1-2H3. The molecule has 0 saturated heterocycles. The SMILES string of the molecule is C[Si](C)(CS)c1ccco1. The van der Waals surface area contributed by atoms with E-state index in [1.807, 2.05) is 12.1 Å². The number of thiol groups is 1. The summed E-state index contributed by atoms with van der Waals surface area (Å²) in [4.78, 5) is 0. The molecule has 1 rings (SSSR count). The van der Waals surface area contributed by atoms with E-state index in [4.69, 9.17) is 4.42 Å². The molecule has 0 aliphatic heterocycles. The molecule has 0 aliphatic rings. The lowest BCUT2D eigenvalue weighted by Crippen LogP contribution is -2.42. The second kappa shape index (κ2) is 2.84. The van der Waals surface area contributed by atoms with E-state index in [1.54, 1.807) is 6.26 Å². The van der Waals surface area contributed by atoms with Gasteiger partial charge in [-0.2, -0.15) is 12.6 Å². The Kier molecular flexibility index (Phi) is 2.26. The molecule has 3 heteroatoms. The van der Waals surface area contributed by atoms with Crippen molar-refractivity contribution in [3.63, 3.8) is 0 Å². The van der Waals surface area contributed by atoms with E-state index in [2.05, 4.69) is 25.7 Å². The van der Waals surface area contributed by atoms with Crippen molar-refractivity contribution < 1.29 is 4.42 Å². The number of rotatable bonds is 2. The highest BCUT2D eigenvalue weighted by Gasteiger charge is 2.24. The lowest BCUT2D eigenvalue weighted by molar-refractivity contribution is 0.597. The van der Waals surface area contributed by atoms with Crippen LogP contribution in [0.15, 0.2) is 22.8 Å². The third-order valence-electron chi connectivity index (χ3n) is 1.58. The van der Waals surface area contributed by atoms with Crippen molar-refractivity contribution in [2.24, 2.45) is 0 Å². The lowest BCUT2D eigenvalue weighted by atomic mass is 10.7. The predicted octanol–water partition coefficient (Wildman–Crippen LogP) is 1.66. The normalized spacial score (nSPS) is 11.9. The van der Waals surface area contributed by atoms with Crippen LogP contribution in [0.25, 0.3) is 0 Å². The van der Waals surface area contributed by atoms with Gasteiger partial charge in [-0.1, -0.05) is 13.1 Å². The first-order valence-electron chi connectivity index (χ1n) is 3.31. The van der Waals surface area contributed by atoms with E-state index in [0.29, 0.717) is 0 Å². The van der Waals surface area contributed by atoms with Gasteiger partial charge in [-0.05, 0) is 17.5 Å². The van der Waals surface area contributed by atoms with E-state index in [1.165, 1.54) is 0 Å². The number of furan rings is 1. The first-order valence-corrected chi connectivity index (χ1v) is 7.15. The van der Waals surface area contributed by atoms with Gasteiger partial charge in [0.05, 0.1) is 11.6 Å². The van der Waals surface area contributed by atoms with Crippen LogP contribution in [0.1, 0.15) is 0 Å². The zero-order valence-electron chi connectivity index (χ0n) is 6.29. The fourth-order valence-electron chi connectivity index (χ4n) is 0.742. The molecule has 1 aromatic rings. The second-order valence-corrected chi connectivity index (χ2v) is 8.54. The van der Waals surface area contributed by atoms with Crippen LogP contribution in [-0.4, -0.2) is 13.5 Å². The highest BCUT2D eigenvalue weighted by Crippen LogP contribution is 2.04. The maximum Gasteiger partial charge on any atom is 0.135 e. The first kappa shape index (κ1) is 7.95. The van der Waals surface area contributed by atoms with Crippen molar-refractivity contribution in [2.45, 2.75) is 13.1 Å². The van der Waals surface area contributed by atoms with Gasteiger partial charge in [-0.25, -0.2) is 0 Å². The lowest BCUT2D eigenvalue weighted by Gasteiger charge is -2.14. The van der Waals surface area contributed by atoms with Gasteiger partial charge in [0.2, 0.25) is 0 Å². The summed E-state index contributed by atoms with van der Waals surface area (Å²) in [5.74, 6) is 0. The Hall–Kier alpha value is -0.153. The average Bonchev–Trinajstić information content (AvgIpc) is 2.38. The van der Waals surface area contributed by atoms with Gasteiger partial charge in [0.25, 0.3) is 0 Å². The minimum absolute atomic E-state index is 0.945. The van der Waals surface area contributed by atoms with E-state index in [9.17, 15) is 0 Å². The third kappa shape index (κ3) is 1.46. The monoisotopic (exact) mass is 172 g/mol. The first-order chi connectivity index (χ1) is 4.67. The Morgan fingerprint density at radius 3 is 2.70 bits per heavy atom. The minimum atomic E-state index is -1.30. The second-order valence-electron chi connectivity index (χ2n) is 3.02. The topological polar surface area (TPSA) is 13.1 Å². The maximum atomic E-state index is 5.30. The Morgan fingerprint density at radius 2 is 2.30 bits per heavy atom. The van der Waals surface area contributed by atoms with Gasteiger partial charge in [0.1, 0.15) is 8.07 Å². The van der Waals surface area contributed by atoms with Crippen LogP contribution in [0, 0.1) is 0 Å². The molecule has 0 spiro atoms. The zero-order chi connectivity index (χ0) is 7.61. The van der Waals surface area contributed by atoms with Gasteiger partial charge in [0, 0.05) is 0 Å². The van der Waals surface area contributed by atoms with E-state index < -0.39 is 8.07 Å². The minimum Gasteiger partial charge on any atom is -0.474 e. The van der Waals surface area contributed by atoms with Crippen molar-refractivity contribution in [3.05, 3.63) is 18.4 Å². The fourth-order valence-corrected chi connectivity index (χ4v) is 2.30. The molecule has 0 aromatic carbocycles. The van der Waals surface area contributed by atoms with Crippen molar-refractivity contribution in [1.29, 1.82) is 0 Å². The van der Waals surface area contributed by atoms with Crippen LogP contribution in [-0.2, 0) is 0 Å². The average molecular weight is 172 g/mol. The Balaban J connectivity index is 2.85. The van der Waals surface area contributed by atoms with Crippen molar-refractivity contribution in [3.8, 4) is 0 Å². The molecular weight excluding hydrogens is 160 g/mol. The molecule has 0 amide bonds. The van der Waals surface area contributed by atoms with Gasteiger partial charge in [-0.15, -0.1) is 0 Å². The molecule has 0 saturated carbocycles. The van der Waals surface area contributed by atoms with Crippen LogP contribution in [0.4, 0.5) is 0 Å². The number of hydrogen-bond donors (Lipinski definition) is 1. The fraction of sp³-hybridized carbons (Fsp3) is 0.429. The molecule has 10 heavy (non-hydrogen) atoms. The molecule has 56 valence electrons. The summed E-state index contributed by atoms with van der Waals surface area (Å²) in [6, 6.07) is 3.98. The van der Waals surface area contributed by atoms with Crippen molar-refractivity contribution in [1.82, 2.24) is 0 Å². The van der Waals surface area contributed by atoms with E-state index >= 15 is 0 Å². The Morgan fingerprint density at radius 1 is 1.60 bits per heavy atom. The molecule has 0 fully saturated rings. The summed E-state index contributed by atoms with van der Waals surface area (Å²) < 4.78 is 5.30. The maximum absolute atomic E-state index is 5.30. The zero-order valence-corrected chi connectivity index (χ0v) is 8.19. The Bertz CT molecular complexity index is 193. The smallest absolute Gasteiger partial charge is 0.135 e. The molecule has 1 nitrogen and oxygen atoms in total. The molecule has 1 aromatic heterocycles. The number of hydrogen-bond acceptors (Lipinski definition) is 2. The quantitative estimate of drug-likeness (QED) is 0.529. The van der Waals surface area contributed by atoms with Gasteiger partial charge < -0.3 is 4.42 Å². The predicted molar refractivity (Wildman–Crippen MR) is 49.7 cm³/mol. The molecule has 0 N–H and O–H groups in total. The molecule has 0 atom stereocenters. The van der Waals surface area contributed by atoms with E-state index in [0.717, 1.165) is 10.8 Å². The summed E-state index contributed by atoms with van der Waals surface area (Å²) in [5, 5.41) is 2.09. The molecule has 0 bridgehead atoms. The molecular formula is C7H12OSSi. The van der Waals surface area contributed by atoms with Crippen LogP contribution in [0.5, 0.6) is 0 Å². The Labute approximate surface area is 67.9 Å². The molecule has 0 unspecified atom stereocenters. The van der Waals surface area contributed by atoms with Crippen LogP contribution < -0.4 is 5.38 Å². The summed E-state index contributed by atoms with van der Waals surface area (Å²) in [6.07, 6.45) is 1.73. The van der Waals surface area contributed by atoms with Crippen LogP contribution in [0.3, 0.4) is 0 Å². The largest absolute Gasteiger partial charge is 0.474 e. The molecule has 1 heterocycles. The molecule has 0 radical (unpaired) electrons. The summed E-state index contributed by atoms with van der Waals surface area (Å²) in [6.45, 7) is 4.50. The summed E-state index contributed by atoms with van der Waals surface area (Å²) in [5.41, 5.74) is 0. The van der Waals surface area contributed by atoms with Crippen molar-refractivity contribution >= 4 is 26.1 Å². The molecule has 0 aliphatic carbocycles.